The van der Waals surface area contributed by atoms with Crippen LogP contribution in [0.15, 0.2) is 121 Å². The van der Waals surface area contributed by atoms with Crippen molar-refractivity contribution < 1.29 is 0 Å². The van der Waals surface area contributed by atoms with Gasteiger partial charge in [-0.25, -0.2) is 0 Å². The normalized spacial score (nSPS) is 17.0. The first kappa shape index (κ1) is 36.8. The smallest absolute Gasteiger partial charge is 0.252 e. The highest BCUT2D eigenvalue weighted by atomic mass is 15.2. The molecule has 7 aromatic rings. The predicted molar refractivity (Wildman–Crippen MR) is 263 cm³/mol. The third-order valence-electron chi connectivity index (χ3n) is 15.8. The van der Waals surface area contributed by atoms with Crippen LogP contribution in [0.4, 0.5) is 34.1 Å². The average Bonchev–Trinajstić information content (AvgIpc) is 3.33. The largest absolute Gasteiger partial charge is 0.311 e. The topological polar surface area (TPSA) is 6.48 Å². The van der Waals surface area contributed by atoms with Crippen molar-refractivity contribution in [2.45, 2.75) is 110 Å². The second-order valence-electron chi connectivity index (χ2n) is 19.4. The average molecular weight is 803 g/mol. The van der Waals surface area contributed by atoms with Gasteiger partial charge in [0.1, 0.15) is 0 Å². The Hall–Kier alpha value is -5.80. The van der Waals surface area contributed by atoms with Crippen molar-refractivity contribution in [1.82, 2.24) is 0 Å². The molecule has 0 amide bonds. The van der Waals surface area contributed by atoms with Crippen LogP contribution in [0.25, 0.3) is 22.3 Å². The maximum Gasteiger partial charge on any atom is 0.252 e. The predicted octanol–water partition coefficient (Wildman–Crippen LogP) is 12.9. The standard InChI is InChI=1S/C59H55BN2/c1-38-32-55-57-56(33-38)62(59-49-26-14-10-22-45(49)35-46-23-11-15-27-50(46)59)54-37-42(40-18-6-3-7-19-40)29-31-52(54)60(57)51-30-28-41(39-16-4-2-5-17-39)36-53(51)61(55)58-47-24-12-8-20-43(47)34-44-21-9-13-25-48(44)58/h2-7,16-19,28-37H,8-15,20-27H2,1H3. The van der Waals surface area contributed by atoms with E-state index in [-0.39, 0.29) is 6.71 Å². The van der Waals surface area contributed by atoms with E-state index in [9.17, 15) is 0 Å². The zero-order valence-corrected chi connectivity index (χ0v) is 36.3. The van der Waals surface area contributed by atoms with Crippen LogP contribution in [0.3, 0.4) is 0 Å². The minimum absolute atomic E-state index is 0.110. The van der Waals surface area contributed by atoms with Crippen molar-refractivity contribution in [2.75, 3.05) is 9.80 Å². The molecule has 2 aliphatic heterocycles. The molecule has 3 heteroatoms. The monoisotopic (exact) mass is 802 g/mol. The van der Waals surface area contributed by atoms with Gasteiger partial charge >= 0.3 is 0 Å². The van der Waals surface area contributed by atoms with E-state index in [4.69, 9.17) is 0 Å². The molecule has 6 aliphatic rings. The van der Waals surface area contributed by atoms with E-state index in [0.717, 1.165) is 0 Å². The molecule has 4 aliphatic carbocycles. The van der Waals surface area contributed by atoms with E-state index in [1.807, 2.05) is 0 Å². The van der Waals surface area contributed by atoms with Crippen LogP contribution in [0.1, 0.15) is 101 Å². The van der Waals surface area contributed by atoms with Crippen LogP contribution in [0.5, 0.6) is 0 Å². The van der Waals surface area contributed by atoms with Gasteiger partial charge in [-0.3, -0.25) is 0 Å². The van der Waals surface area contributed by atoms with Crippen LogP contribution in [-0.4, -0.2) is 6.71 Å². The lowest BCUT2D eigenvalue weighted by Gasteiger charge is -2.47. The number of rotatable bonds is 4. The molecular formula is C59H55BN2. The summed E-state index contributed by atoms with van der Waals surface area (Å²) in [6.45, 7) is 2.48. The molecule has 0 radical (unpaired) electrons. The first-order valence-electron chi connectivity index (χ1n) is 24.1. The molecule has 0 saturated heterocycles. The summed E-state index contributed by atoms with van der Waals surface area (Å²) in [4.78, 5) is 5.69. The van der Waals surface area contributed by atoms with Crippen LogP contribution < -0.4 is 26.2 Å². The Morgan fingerprint density at radius 2 is 0.726 bits per heavy atom. The zero-order valence-electron chi connectivity index (χ0n) is 36.3. The summed E-state index contributed by atoms with van der Waals surface area (Å²) in [5, 5.41) is 0. The van der Waals surface area contributed by atoms with Gasteiger partial charge in [-0.1, -0.05) is 97.1 Å². The quantitative estimate of drug-likeness (QED) is 0.164. The lowest BCUT2D eigenvalue weighted by atomic mass is 9.33. The maximum absolute atomic E-state index is 2.84. The Kier molecular flexibility index (Phi) is 8.70. The van der Waals surface area contributed by atoms with Gasteiger partial charge in [-0.15, -0.1) is 0 Å². The maximum atomic E-state index is 2.84. The number of hydrogen-bond acceptors (Lipinski definition) is 2. The minimum Gasteiger partial charge on any atom is -0.311 e. The summed E-state index contributed by atoms with van der Waals surface area (Å²) in [7, 11) is 0. The van der Waals surface area contributed by atoms with Crippen molar-refractivity contribution in [2.24, 2.45) is 0 Å². The van der Waals surface area contributed by atoms with Gasteiger partial charge in [0.15, 0.2) is 0 Å². The van der Waals surface area contributed by atoms with Gasteiger partial charge in [0.25, 0.3) is 6.71 Å². The van der Waals surface area contributed by atoms with E-state index < -0.39 is 0 Å². The molecule has 0 bridgehead atoms. The minimum atomic E-state index is 0.110. The number of aryl methyl sites for hydroxylation is 5. The van der Waals surface area contributed by atoms with Crippen LogP contribution >= 0.6 is 0 Å². The number of benzene rings is 7. The van der Waals surface area contributed by atoms with Gasteiger partial charge in [-0.2, -0.15) is 0 Å². The van der Waals surface area contributed by atoms with Crippen molar-refractivity contribution >= 4 is 57.2 Å². The highest BCUT2D eigenvalue weighted by Gasteiger charge is 2.46. The first-order valence-corrected chi connectivity index (χ1v) is 24.1. The second-order valence-corrected chi connectivity index (χ2v) is 19.4. The highest BCUT2D eigenvalue weighted by molar-refractivity contribution is 7.00. The summed E-state index contributed by atoms with van der Waals surface area (Å²) in [5.74, 6) is 0. The van der Waals surface area contributed by atoms with E-state index in [0.29, 0.717) is 0 Å². The molecule has 0 saturated carbocycles. The Balaban J connectivity index is 1.15. The van der Waals surface area contributed by atoms with Crippen molar-refractivity contribution in [3.8, 4) is 22.3 Å². The van der Waals surface area contributed by atoms with Gasteiger partial charge in [-0.05, 0) is 223 Å². The number of hydrogen-bond donors (Lipinski definition) is 0. The van der Waals surface area contributed by atoms with Crippen molar-refractivity contribution in [3.05, 3.63) is 171 Å². The number of nitrogens with zero attached hydrogens (tertiary/aromatic N) is 2. The first-order chi connectivity index (χ1) is 30.7. The molecule has 0 fully saturated rings. The lowest BCUT2D eigenvalue weighted by Crippen LogP contribution is -2.61. The molecule has 304 valence electrons. The molecule has 2 heterocycles. The third-order valence-corrected chi connectivity index (χ3v) is 15.8. The SMILES string of the molecule is Cc1cc2c3c(c1)N(c1c4c(cc5c1CCCC5)CCCC4)c1cc(-c4ccccc4)ccc1B3c1ccc(-c3ccccc3)cc1N2c1c2c(cc3c1CCCC3)CCCC2. The Morgan fingerprint density at radius 3 is 1.11 bits per heavy atom. The molecule has 62 heavy (non-hydrogen) atoms. The molecule has 0 unspecified atom stereocenters. The van der Waals surface area contributed by atoms with Crippen LogP contribution in [-0.2, 0) is 51.4 Å². The van der Waals surface area contributed by atoms with Gasteiger partial charge in [0.2, 0.25) is 0 Å². The molecule has 13 rings (SSSR count). The number of anilines is 6. The molecule has 0 N–H and O–H groups in total. The van der Waals surface area contributed by atoms with Crippen LogP contribution in [0.2, 0.25) is 0 Å². The van der Waals surface area contributed by atoms with Gasteiger partial charge < -0.3 is 9.80 Å². The van der Waals surface area contributed by atoms with E-state index in [1.165, 1.54) is 181 Å². The van der Waals surface area contributed by atoms with Crippen molar-refractivity contribution in [1.29, 1.82) is 0 Å². The van der Waals surface area contributed by atoms with E-state index in [2.05, 4.69) is 138 Å². The molecule has 0 atom stereocenters. The fourth-order valence-corrected chi connectivity index (χ4v) is 13.0. The highest BCUT2D eigenvalue weighted by Crippen LogP contribution is 2.52. The Labute approximate surface area is 368 Å². The molecule has 0 aromatic heterocycles. The Morgan fingerprint density at radius 1 is 0.355 bits per heavy atom. The molecular weight excluding hydrogens is 747 g/mol. The van der Waals surface area contributed by atoms with Crippen LogP contribution in [0, 0.1) is 6.92 Å². The summed E-state index contributed by atoms with van der Waals surface area (Å²) in [6, 6.07) is 47.7. The second kappa shape index (κ2) is 14.7. The molecule has 7 aromatic carbocycles. The summed E-state index contributed by atoms with van der Waals surface area (Å²) in [5.41, 5.74) is 32.4. The zero-order chi connectivity index (χ0) is 40.9. The van der Waals surface area contributed by atoms with Gasteiger partial charge in [0.05, 0.1) is 11.4 Å². The Bertz CT molecular complexity index is 2680. The van der Waals surface area contributed by atoms with E-state index >= 15 is 0 Å². The lowest BCUT2D eigenvalue weighted by molar-refractivity contribution is 0.658. The van der Waals surface area contributed by atoms with Crippen molar-refractivity contribution in [3.63, 3.8) is 0 Å². The number of fused-ring (bicyclic) bond motifs is 8. The summed E-state index contributed by atoms with van der Waals surface area (Å²) in [6.07, 6.45) is 19.7. The third kappa shape index (κ3) is 5.69. The fraction of sp³-hybridized carbons (Fsp3) is 0.288. The molecule has 0 spiro atoms. The van der Waals surface area contributed by atoms with Gasteiger partial charge in [0, 0.05) is 22.7 Å². The van der Waals surface area contributed by atoms with E-state index in [1.54, 1.807) is 44.5 Å². The summed E-state index contributed by atoms with van der Waals surface area (Å²) >= 11 is 0. The molecule has 2 nitrogen and oxygen atoms in total. The fourth-order valence-electron chi connectivity index (χ4n) is 13.0. The summed E-state index contributed by atoms with van der Waals surface area (Å²) < 4.78 is 0.